The standard InChI is InChI=1S/C15H19F2NO3/c1-9(2)5-10(6-14(19)20)8-18-15(21)12-7-11(16)3-4-13(12)17/h3-4,7,9-10H,5-6,8H2,1-2H3,(H,18,21)(H,19,20). The fraction of sp³-hybridized carbons (Fsp3) is 0.467. The van der Waals surface area contributed by atoms with Crippen molar-refractivity contribution in [2.24, 2.45) is 11.8 Å². The van der Waals surface area contributed by atoms with E-state index in [1.807, 2.05) is 13.8 Å². The van der Waals surface area contributed by atoms with Gasteiger partial charge in [-0.2, -0.15) is 0 Å². The Kier molecular flexibility index (Phi) is 6.27. The number of halogens is 2. The van der Waals surface area contributed by atoms with Crippen LogP contribution in [-0.2, 0) is 4.79 Å². The first-order valence-electron chi connectivity index (χ1n) is 6.74. The molecular formula is C15H19F2NO3. The molecule has 1 unspecified atom stereocenters. The van der Waals surface area contributed by atoms with Crippen molar-refractivity contribution in [3.63, 3.8) is 0 Å². The SMILES string of the molecule is CC(C)CC(CNC(=O)c1cc(F)ccc1F)CC(=O)O. The van der Waals surface area contributed by atoms with E-state index in [0.717, 1.165) is 18.2 Å². The number of nitrogens with one attached hydrogen (secondary N) is 1. The van der Waals surface area contributed by atoms with Gasteiger partial charge >= 0.3 is 5.97 Å². The maximum atomic E-state index is 13.4. The second kappa shape index (κ2) is 7.71. The normalized spacial score (nSPS) is 12.2. The Balaban J connectivity index is 2.68. The fourth-order valence-corrected chi connectivity index (χ4v) is 2.16. The van der Waals surface area contributed by atoms with Crippen molar-refractivity contribution in [1.29, 1.82) is 0 Å². The molecule has 21 heavy (non-hydrogen) atoms. The summed E-state index contributed by atoms with van der Waals surface area (Å²) in [5.74, 6) is -3.18. The zero-order valence-electron chi connectivity index (χ0n) is 12.0. The highest BCUT2D eigenvalue weighted by molar-refractivity contribution is 5.94. The van der Waals surface area contributed by atoms with Crippen LogP contribution in [0.15, 0.2) is 18.2 Å². The number of amides is 1. The molecule has 1 rings (SSSR count). The van der Waals surface area contributed by atoms with E-state index in [0.29, 0.717) is 6.42 Å². The van der Waals surface area contributed by atoms with Gasteiger partial charge in [0.2, 0.25) is 0 Å². The van der Waals surface area contributed by atoms with Crippen LogP contribution in [0, 0.1) is 23.5 Å². The third kappa shape index (κ3) is 5.89. The maximum Gasteiger partial charge on any atom is 0.303 e. The number of aliphatic carboxylic acids is 1. The third-order valence-corrected chi connectivity index (χ3v) is 2.99. The summed E-state index contributed by atoms with van der Waals surface area (Å²) in [6, 6.07) is 2.63. The molecule has 2 N–H and O–H groups in total. The first-order chi connectivity index (χ1) is 9.79. The number of benzene rings is 1. The number of carbonyl (C=O) groups is 2. The maximum absolute atomic E-state index is 13.4. The van der Waals surface area contributed by atoms with E-state index in [2.05, 4.69) is 5.32 Å². The van der Waals surface area contributed by atoms with Crippen LogP contribution >= 0.6 is 0 Å². The molecule has 1 amide bonds. The molecule has 0 fully saturated rings. The summed E-state index contributed by atoms with van der Waals surface area (Å²) in [6.45, 7) is 4.01. The Morgan fingerprint density at radius 1 is 1.29 bits per heavy atom. The van der Waals surface area contributed by atoms with Crippen LogP contribution in [-0.4, -0.2) is 23.5 Å². The van der Waals surface area contributed by atoms with E-state index in [1.54, 1.807) is 0 Å². The average molecular weight is 299 g/mol. The molecule has 116 valence electrons. The lowest BCUT2D eigenvalue weighted by Gasteiger charge is -2.17. The monoisotopic (exact) mass is 299 g/mol. The molecule has 1 atom stereocenters. The van der Waals surface area contributed by atoms with Gasteiger partial charge in [0.05, 0.1) is 5.56 Å². The van der Waals surface area contributed by atoms with Gasteiger partial charge in [-0.1, -0.05) is 13.8 Å². The van der Waals surface area contributed by atoms with Gasteiger partial charge in [-0.05, 0) is 36.5 Å². The number of rotatable bonds is 7. The third-order valence-electron chi connectivity index (χ3n) is 2.99. The zero-order valence-corrected chi connectivity index (χ0v) is 12.0. The molecule has 0 aromatic heterocycles. The molecule has 0 heterocycles. The molecule has 0 saturated carbocycles. The van der Waals surface area contributed by atoms with Gasteiger partial charge in [0.15, 0.2) is 0 Å². The van der Waals surface area contributed by atoms with Crippen molar-refractivity contribution in [2.45, 2.75) is 26.7 Å². The Morgan fingerprint density at radius 3 is 2.52 bits per heavy atom. The lowest BCUT2D eigenvalue weighted by Crippen LogP contribution is -2.31. The number of carbonyl (C=O) groups excluding carboxylic acids is 1. The molecule has 0 aliphatic carbocycles. The highest BCUT2D eigenvalue weighted by Crippen LogP contribution is 2.15. The summed E-state index contributed by atoms with van der Waals surface area (Å²) in [5.41, 5.74) is -0.381. The van der Waals surface area contributed by atoms with Gasteiger partial charge in [-0.15, -0.1) is 0 Å². The van der Waals surface area contributed by atoms with Crippen molar-refractivity contribution >= 4 is 11.9 Å². The largest absolute Gasteiger partial charge is 0.481 e. The quantitative estimate of drug-likeness (QED) is 0.813. The minimum Gasteiger partial charge on any atom is -0.481 e. The molecule has 0 saturated heterocycles. The van der Waals surface area contributed by atoms with Gasteiger partial charge in [-0.25, -0.2) is 8.78 Å². The van der Waals surface area contributed by atoms with E-state index < -0.39 is 23.5 Å². The topological polar surface area (TPSA) is 66.4 Å². The van der Waals surface area contributed by atoms with Gasteiger partial charge in [0.25, 0.3) is 5.91 Å². The van der Waals surface area contributed by atoms with Crippen LogP contribution in [0.3, 0.4) is 0 Å². The molecule has 0 radical (unpaired) electrons. The van der Waals surface area contributed by atoms with E-state index >= 15 is 0 Å². The highest BCUT2D eigenvalue weighted by Gasteiger charge is 2.18. The van der Waals surface area contributed by atoms with E-state index in [1.165, 1.54) is 0 Å². The average Bonchev–Trinajstić information content (AvgIpc) is 2.37. The smallest absolute Gasteiger partial charge is 0.303 e. The van der Waals surface area contributed by atoms with E-state index in [9.17, 15) is 18.4 Å². The molecule has 4 nitrogen and oxygen atoms in total. The number of carboxylic acids is 1. The summed E-state index contributed by atoms with van der Waals surface area (Å²) in [4.78, 5) is 22.6. The van der Waals surface area contributed by atoms with Crippen molar-refractivity contribution < 1.29 is 23.5 Å². The molecule has 0 bridgehead atoms. The zero-order chi connectivity index (χ0) is 16.0. The Morgan fingerprint density at radius 2 is 1.95 bits per heavy atom. The number of hydrogen-bond donors (Lipinski definition) is 2. The first kappa shape index (κ1) is 17.1. The van der Waals surface area contributed by atoms with E-state index in [-0.39, 0.29) is 30.4 Å². The molecule has 0 aliphatic heterocycles. The predicted octanol–water partition coefficient (Wildman–Crippen LogP) is 2.83. The van der Waals surface area contributed by atoms with Gasteiger partial charge in [0, 0.05) is 13.0 Å². The predicted molar refractivity (Wildman–Crippen MR) is 73.9 cm³/mol. The molecule has 0 aliphatic rings. The van der Waals surface area contributed by atoms with Crippen LogP contribution in [0.1, 0.15) is 37.0 Å². The van der Waals surface area contributed by atoms with Crippen LogP contribution in [0.4, 0.5) is 8.78 Å². The molecule has 1 aromatic rings. The van der Waals surface area contributed by atoms with Crippen LogP contribution in [0.25, 0.3) is 0 Å². The Hall–Kier alpha value is -1.98. The van der Waals surface area contributed by atoms with E-state index in [4.69, 9.17) is 5.11 Å². The summed E-state index contributed by atoms with van der Waals surface area (Å²) < 4.78 is 26.5. The molecule has 1 aromatic carbocycles. The van der Waals surface area contributed by atoms with Crippen LogP contribution in [0.2, 0.25) is 0 Å². The Labute approximate surface area is 122 Å². The van der Waals surface area contributed by atoms with Crippen molar-refractivity contribution in [3.8, 4) is 0 Å². The first-order valence-corrected chi connectivity index (χ1v) is 6.74. The van der Waals surface area contributed by atoms with Crippen LogP contribution < -0.4 is 5.32 Å². The highest BCUT2D eigenvalue weighted by atomic mass is 19.1. The van der Waals surface area contributed by atoms with Gasteiger partial charge in [0.1, 0.15) is 11.6 Å². The molecular weight excluding hydrogens is 280 g/mol. The summed E-state index contributed by atoms with van der Waals surface area (Å²) >= 11 is 0. The fourth-order valence-electron chi connectivity index (χ4n) is 2.16. The molecule has 6 heteroatoms. The summed E-state index contributed by atoms with van der Waals surface area (Å²) in [6.07, 6.45) is 0.544. The van der Waals surface area contributed by atoms with Gasteiger partial charge < -0.3 is 10.4 Å². The summed E-state index contributed by atoms with van der Waals surface area (Å²) in [7, 11) is 0. The number of hydrogen-bond acceptors (Lipinski definition) is 2. The molecule has 0 spiro atoms. The van der Waals surface area contributed by atoms with Crippen molar-refractivity contribution in [3.05, 3.63) is 35.4 Å². The number of carboxylic acid groups (broad SMARTS) is 1. The lowest BCUT2D eigenvalue weighted by atomic mass is 9.94. The minimum absolute atomic E-state index is 0.0793. The van der Waals surface area contributed by atoms with Crippen molar-refractivity contribution in [2.75, 3.05) is 6.54 Å². The summed E-state index contributed by atoms with van der Waals surface area (Å²) in [5, 5.41) is 11.3. The van der Waals surface area contributed by atoms with Crippen LogP contribution in [0.5, 0.6) is 0 Å². The lowest BCUT2D eigenvalue weighted by molar-refractivity contribution is -0.138. The minimum atomic E-state index is -0.952. The second-order valence-corrected chi connectivity index (χ2v) is 5.43. The van der Waals surface area contributed by atoms with Crippen molar-refractivity contribution in [1.82, 2.24) is 5.32 Å². The Bertz CT molecular complexity index is 518. The second-order valence-electron chi connectivity index (χ2n) is 5.43. The van der Waals surface area contributed by atoms with Gasteiger partial charge in [-0.3, -0.25) is 9.59 Å².